The van der Waals surface area contributed by atoms with Gasteiger partial charge in [0.15, 0.2) is 0 Å². The molecule has 4 aromatic rings. The number of aryl methyl sites for hydroxylation is 2. The molecule has 2 aromatic carbocycles. The van der Waals surface area contributed by atoms with Gasteiger partial charge in [0.25, 0.3) is 0 Å². The first-order chi connectivity index (χ1) is 14.5. The van der Waals surface area contributed by atoms with Crippen molar-refractivity contribution in [1.29, 1.82) is 0 Å². The quantitative estimate of drug-likeness (QED) is 0.297. The van der Waals surface area contributed by atoms with Crippen molar-refractivity contribution in [2.75, 3.05) is 4.90 Å². The molecule has 154 valence electrons. The van der Waals surface area contributed by atoms with Gasteiger partial charge in [-0.05, 0) is 55.5 Å². The lowest BCUT2D eigenvalue weighted by molar-refractivity contribution is 0.675. The predicted molar refractivity (Wildman–Crippen MR) is 130 cm³/mol. The number of thiophene rings is 1. The van der Waals surface area contributed by atoms with Gasteiger partial charge in [-0.15, -0.1) is 11.3 Å². The van der Waals surface area contributed by atoms with Gasteiger partial charge in [-0.3, -0.25) is 0 Å². The molecule has 0 aliphatic carbocycles. The van der Waals surface area contributed by atoms with Crippen molar-refractivity contribution in [1.82, 2.24) is 9.97 Å². The molecule has 0 spiro atoms. The lowest BCUT2D eigenvalue weighted by Crippen LogP contribution is -2.31. The zero-order valence-electron chi connectivity index (χ0n) is 17.8. The van der Waals surface area contributed by atoms with Gasteiger partial charge in [0.2, 0.25) is 5.28 Å². The van der Waals surface area contributed by atoms with Crippen LogP contribution in [0.15, 0.2) is 54.6 Å². The molecule has 0 unspecified atom stereocenters. The number of halogens is 1. The van der Waals surface area contributed by atoms with Crippen LogP contribution in [0, 0.1) is 6.92 Å². The number of benzene rings is 2. The molecule has 0 saturated carbocycles. The summed E-state index contributed by atoms with van der Waals surface area (Å²) in [6.07, 6.45) is 1.03. The summed E-state index contributed by atoms with van der Waals surface area (Å²) in [5, 5.41) is 1.39. The highest BCUT2D eigenvalue weighted by molar-refractivity contribution is 7.19. The van der Waals surface area contributed by atoms with Gasteiger partial charge in [0, 0.05) is 23.0 Å². The van der Waals surface area contributed by atoms with E-state index in [9.17, 15) is 0 Å². The van der Waals surface area contributed by atoms with E-state index in [-0.39, 0.29) is 6.04 Å². The molecule has 4 rings (SSSR count). The van der Waals surface area contributed by atoms with E-state index in [1.807, 2.05) is 6.07 Å². The molecule has 30 heavy (non-hydrogen) atoms. The van der Waals surface area contributed by atoms with Crippen molar-refractivity contribution in [3.63, 3.8) is 0 Å². The Morgan fingerprint density at radius 3 is 2.30 bits per heavy atom. The largest absolute Gasteiger partial charge is 0.349 e. The second-order valence-electron chi connectivity index (χ2n) is 7.79. The zero-order valence-corrected chi connectivity index (χ0v) is 19.4. The second kappa shape index (κ2) is 8.75. The highest BCUT2D eigenvalue weighted by Gasteiger charge is 2.23. The normalized spacial score (nSPS) is 11.4. The number of aromatic nitrogens is 2. The maximum atomic E-state index is 6.38. The third-order valence-corrected chi connectivity index (χ3v) is 6.59. The smallest absolute Gasteiger partial charge is 0.225 e. The molecule has 0 radical (unpaired) electrons. The molecule has 0 fully saturated rings. The summed E-state index contributed by atoms with van der Waals surface area (Å²) in [6.45, 7) is 9.49. The molecule has 2 aromatic heterocycles. The van der Waals surface area contributed by atoms with Gasteiger partial charge in [-0.2, -0.15) is 4.98 Å². The molecule has 0 aliphatic heterocycles. The standard InChI is InChI=1S/C25H26ClN3S/c1-5-18-11-13-20(14-12-18)21-17(4)30-24-22(21)23(27-25(26)28-24)29(16(2)3)15-19-9-7-6-8-10-19/h6-14,16H,5,15H2,1-4H3. The van der Waals surface area contributed by atoms with Crippen LogP contribution in [0.4, 0.5) is 5.82 Å². The minimum atomic E-state index is 0.259. The van der Waals surface area contributed by atoms with Crippen LogP contribution in [0.3, 0.4) is 0 Å². The first-order valence-electron chi connectivity index (χ1n) is 10.3. The lowest BCUT2D eigenvalue weighted by Gasteiger charge is -2.29. The van der Waals surface area contributed by atoms with E-state index in [1.54, 1.807) is 11.3 Å². The highest BCUT2D eigenvalue weighted by atomic mass is 35.5. The molecule has 0 saturated heterocycles. The fourth-order valence-corrected chi connectivity index (χ4v) is 5.07. The second-order valence-corrected chi connectivity index (χ2v) is 9.33. The molecule has 0 bridgehead atoms. The Bertz CT molecular complexity index is 1150. The van der Waals surface area contributed by atoms with Crippen LogP contribution >= 0.6 is 22.9 Å². The summed E-state index contributed by atoms with van der Waals surface area (Å²) in [5.74, 6) is 0.905. The molecule has 0 N–H and O–H groups in total. The summed E-state index contributed by atoms with van der Waals surface area (Å²) >= 11 is 8.07. The van der Waals surface area contributed by atoms with E-state index in [1.165, 1.54) is 27.1 Å². The number of rotatable bonds is 6. The Labute approximate surface area is 187 Å². The van der Waals surface area contributed by atoms with E-state index in [0.29, 0.717) is 5.28 Å². The van der Waals surface area contributed by atoms with Crippen molar-refractivity contribution in [3.05, 3.63) is 75.9 Å². The Hall–Kier alpha value is -2.43. The van der Waals surface area contributed by atoms with Crippen molar-refractivity contribution < 1.29 is 0 Å². The lowest BCUT2D eigenvalue weighted by atomic mass is 10.0. The third kappa shape index (κ3) is 4.07. The molecule has 0 aliphatic rings. The zero-order chi connectivity index (χ0) is 21.3. The predicted octanol–water partition coefficient (Wildman–Crippen LogP) is 7.30. The van der Waals surface area contributed by atoms with Crippen molar-refractivity contribution in [2.24, 2.45) is 0 Å². The average Bonchev–Trinajstić information content (AvgIpc) is 3.07. The Morgan fingerprint density at radius 2 is 1.67 bits per heavy atom. The molecule has 5 heteroatoms. The Kier molecular flexibility index (Phi) is 6.07. The third-order valence-electron chi connectivity index (χ3n) is 5.42. The topological polar surface area (TPSA) is 29.0 Å². The van der Waals surface area contributed by atoms with E-state index < -0.39 is 0 Å². The summed E-state index contributed by atoms with van der Waals surface area (Å²) in [6, 6.07) is 19.6. The molecule has 0 atom stereocenters. The van der Waals surface area contributed by atoms with Crippen LogP contribution < -0.4 is 4.90 Å². The first kappa shape index (κ1) is 20.8. The summed E-state index contributed by atoms with van der Waals surface area (Å²) in [5.41, 5.74) is 4.99. The monoisotopic (exact) mass is 435 g/mol. The van der Waals surface area contributed by atoms with Crippen LogP contribution in [-0.4, -0.2) is 16.0 Å². The molecule has 2 heterocycles. The van der Waals surface area contributed by atoms with E-state index in [4.69, 9.17) is 16.6 Å². The number of nitrogens with zero attached hydrogens (tertiary/aromatic N) is 3. The van der Waals surface area contributed by atoms with E-state index >= 15 is 0 Å². The molecular formula is C25H26ClN3S. The van der Waals surface area contributed by atoms with Gasteiger partial charge < -0.3 is 4.90 Å². The van der Waals surface area contributed by atoms with Crippen molar-refractivity contribution in [3.8, 4) is 11.1 Å². The van der Waals surface area contributed by atoms with E-state index in [2.05, 4.69) is 86.1 Å². The van der Waals surface area contributed by atoms with Gasteiger partial charge in [0.05, 0.1) is 5.39 Å². The number of hydrogen-bond acceptors (Lipinski definition) is 4. The van der Waals surface area contributed by atoms with Crippen molar-refractivity contribution >= 4 is 39.0 Å². The van der Waals surface area contributed by atoms with E-state index in [0.717, 1.165) is 29.0 Å². The first-order valence-corrected chi connectivity index (χ1v) is 11.5. The van der Waals surface area contributed by atoms with Crippen LogP contribution in [0.1, 0.15) is 36.8 Å². The van der Waals surface area contributed by atoms with Gasteiger partial charge in [-0.25, -0.2) is 4.98 Å². The Balaban J connectivity index is 1.91. The minimum absolute atomic E-state index is 0.259. The maximum Gasteiger partial charge on any atom is 0.225 e. The number of hydrogen-bond donors (Lipinski definition) is 0. The minimum Gasteiger partial charge on any atom is -0.349 e. The fourth-order valence-electron chi connectivity index (χ4n) is 3.81. The van der Waals surface area contributed by atoms with Crippen LogP contribution in [-0.2, 0) is 13.0 Å². The molecular weight excluding hydrogens is 410 g/mol. The van der Waals surface area contributed by atoms with Gasteiger partial charge in [0.1, 0.15) is 10.6 Å². The average molecular weight is 436 g/mol. The van der Waals surface area contributed by atoms with Crippen LogP contribution in [0.5, 0.6) is 0 Å². The van der Waals surface area contributed by atoms with Gasteiger partial charge in [-0.1, -0.05) is 61.5 Å². The molecule has 3 nitrogen and oxygen atoms in total. The maximum absolute atomic E-state index is 6.38. The number of fused-ring (bicyclic) bond motifs is 1. The SMILES string of the molecule is CCc1ccc(-c2c(C)sc3nc(Cl)nc(N(Cc4ccccc4)C(C)C)c23)cc1. The summed E-state index contributed by atoms with van der Waals surface area (Å²) in [7, 11) is 0. The van der Waals surface area contributed by atoms with Crippen molar-refractivity contribution in [2.45, 2.75) is 46.7 Å². The number of anilines is 1. The molecule has 0 amide bonds. The van der Waals surface area contributed by atoms with Crippen LogP contribution in [0.2, 0.25) is 5.28 Å². The fraction of sp³-hybridized carbons (Fsp3) is 0.280. The Morgan fingerprint density at radius 1 is 0.967 bits per heavy atom. The summed E-state index contributed by atoms with van der Waals surface area (Å²) in [4.78, 5) is 13.8. The highest BCUT2D eigenvalue weighted by Crippen LogP contribution is 2.43. The van der Waals surface area contributed by atoms with Crippen LogP contribution in [0.25, 0.3) is 21.3 Å². The summed E-state index contributed by atoms with van der Waals surface area (Å²) < 4.78 is 0. The van der Waals surface area contributed by atoms with Gasteiger partial charge >= 0.3 is 0 Å².